The Morgan fingerprint density at radius 1 is 0.944 bits per heavy atom. The summed E-state index contributed by atoms with van der Waals surface area (Å²) in [6, 6.07) is 14.9. The van der Waals surface area contributed by atoms with Crippen molar-refractivity contribution in [2.45, 2.75) is 78.0 Å². The molecule has 0 radical (unpaired) electrons. The fourth-order valence-electron chi connectivity index (χ4n) is 6.78. The van der Waals surface area contributed by atoms with Gasteiger partial charge in [-0.15, -0.1) is 0 Å². The Hall–Kier alpha value is -3.20. The van der Waals surface area contributed by atoms with Crippen LogP contribution in [0.25, 0.3) is 44.2 Å². The van der Waals surface area contributed by atoms with Crippen molar-refractivity contribution in [2.75, 3.05) is 0 Å². The molecule has 0 spiro atoms. The molecular formula is C33H37N2O+. The van der Waals surface area contributed by atoms with Crippen LogP contribution in [0.3, 0.4) is 0 Å². The Morgan fingerprint density at radius 3 is 2.39 bits per heavy atom. The first-order chi connectivity index (χ1) is 17.3. The predicted octanol–water partition coefficient (Wildman–Crippen LogP) is 8.41. The minimum absolute atomic E-state index is 0.0409. The van der Waals surface area contributed by atoms with Gasteiger partial charge < -0.3 is 4.42 Å². The summed E-state index contributed by atoms with van der Waals surface area (Å²) in [6.07, 6.45) is 4.11. The first kappa shape index (κ1) is 22.0. The third-order valence-electron chi connectivity index (χ3n) is 8.68. The average Bonchev–Trinajstić information content (AvgIpc) is 3.20. The lowest BCUT2D eigenvalue weighted by atomic mass is 9.60. The Kier molecular flexibility index (Phi) is 4.68. The number of aromatic nitrogens is 2. The van der Waals surface area contributed by atoms with Crippen LogP contribution in [-0.2, 0) is 17.9 Å². The molecule has 0 unspecified atom stereocenters. The van der Waals surface area contributed by atoms with E-state index in [-0.39, 0.29) is 10.8 Å². The standard InChI is InChI=1S/C33H37N2O/c1-19(2)21-11-9-13-24-22(21)14-15-25(35(24)8)26-20(3)28-29(33(6,7)17-16-32(28,4)5)27-23-12-10-18-34-31(23)36-30(26)27/h9-15,18-19H,16-17H2,1-8H3/q+1/i19D. The van der Waals surface area contributed by atoms with Crippen molar-refractivity contribution in [3.05, 3.63) is 70.9 Å². The van der Waals surface area contributed by atoms with Crippen LogP contribution in [0.1, 0.15) is 83.9 Å². The van der Waals surface area contributed by atoms with Gasteiger partial charge in [-0.3, -0.25) is 0 Å². The van der Waals surface area contributed by atoms with Crippen LogP contribution < -0.4 is 4.57 Å². The SMILES string of the molecule is [2H]C(C)(C)c1cccc2c1ccc(-c1c(C)c3c(c4c1oc1ncccc14)C(C)(C)CCC3(C)C)[n+]2C. The zero-order valence-corrected chi connectivity index (χ0v) is 22.8. The van der Waals surface area contributed by atoms with Gasteiger partial charge in [0.1, 0.15) is 7.05 Å². The number of benzene rings is 2. The van der Waals surface area contributed by atoms with Crippen molar-refractivity contribution < 1.29 is 10.4 Å². The summed E-state index contributed by atoms with van der Waals surface area (Å²) in [5.74, 6) is -0.678. The molecular weight excluding hydrogens is 440 g/mol. The van der Waals surface area contributed by atoms with Gasteiger partial charge in [0, 0.05) is 35.9 Å². The summed E-state index contributed by atoms with van der Waals surface area (Å²) in [5, 5.41) is 3.44. The highest BCUT2D eigenvalue weighted by molar-refractivity contribution is 6.12. The number of pyridine rings is 2. The van der Waals surface area contributed by atoms with Gasteiger partial charge in [0.25, 0.3) is 0 Å². The van der Waals surface area contributed by atoms with Crippen LogP contribution in [0.4, 0.5) is 0 Å². The number of aryl methyl sites for hydroxylation is 1. The second kappa shape index (κ2) is 7.65. The van der Waals surface area contributed by atoms with Gasteiger partial charge in [0.05, 0.1) is 5.56 Å². The van der Waals surface area contributed by atoms with Gasteiger partial charge >= 0.3 is 0 Å². The van der Waals surface area contributed by atoms with E-state index >= 15 is 0 Å². The number of hydrogen-bond donors (Lipinski definition) is 0. The van der Waals surface area contributed by atoms with E-state index in [1.165, 1.54) is 22.1 Å². The predicted molar refractivity (Wildman–Crippen MR) is 150 cm³/mol. The molecule has 36 heavy (non-hydrogen) atoms. The normalized spacial score (nSPS) is 17.5. The average molecular weight is 479 g/mol. The number of rotatable bonds is 2. The van der Waals surface area contributed by atoms with Gasteiger partial charge in [-0.1, -0.05) is 53.7 Å². The summed E-state index contributed by atoms with van der Waals surface area (Å²) in [5.41, 5.74) is 10.3. The van der Waals surface area contributed by atoms with Crippen molar-refractivity contribution in [1.29, 1.82) is 0 Å². The van der Waals surface area contributed by atoms with Crippen LogP contribution in [0.15, 0.2) is 53.1 Å². The first-order valence-electron chi connectivity index (χ1n) is 13.6. The van der Waals surface area contributed by atoms with Gasteiger partial charge in [-0.05, 0) is 76.9 Å². The Bertz CT molecular complexity index is 1730. The molecule has 0 aliphatic heterocycles. The molecule has 0 atom stereocenters. The van der Waals surface area contributed by atoms with Gasteiger partial charge in [0.15, 0.2) is 5.58 Å². The van der Waals surface area contributed by atoms with Crippen molar-refractivity contribution >= 4 is 33.0 Å². The molecule has 1 aliphatic rings. The maximum Gasteiger partial charge on any atom is 0.227 e. The molecule has 0 saturated carbocycles. The van der Waals surface area contributed by atoms with E-state index in [1.54, 1.807) is 0 Å². The molecule has 0 fully saturated rings. The third-order valence-corrected chi connectivity index (χ3v) is 8.68. The lowest BCUT2D eigenvalue weighted by Gasteiger charge is -2.43. The topological polar surface area (TPSA) is 29.9 Å². The quantitative estimate of drug-likeness (QED) is 0.238. The number of nitrogens with zero attached hydrogens (tertiary/aromatic N) is 2. The van der Waals surface area contributed by atoms with E-state index in [2.05, 4.69) is 87.6 Å². The maximum absolute atomic E-state index is 8.70. The van der Waals surface area contributed by atoms with Crippen molar-refractivity contribution in [2.24, 2.45) is 7.05 Å². The molecule has 0 N–H and O–H groups in total. The van der Waals surface area contributed by atoms with Gasteiger partial charge in [-0.25, -0.2) is 4.98 Å². The Morgan fingerprint density at radius 2 is 1.67 bits per heavy atom. The zero-order chi connectivity index (χ0) is 26.5. The van der Waals surface area contributed by atoms with E-state index in [0.29, 0.717) is 5.71 Å². The molecule has 184 valence electrons. The lowest BCUT2D eigenvalue weighted by Crippen LogP contribution is -2.36. The van der Waals surface area contributed by atoms with E-state index in [4.69, 9.17) is 5.79 Å². The largest absolute Gasteiger partial charge is 0.437 e. The molecule has 1 aliphatic carbocycles. The maximum atomic E-state index is 8.70. The number of fused-ring (bicyclic) bond motifs is 6. The van der Waals surface area contributed by atoms with Crippen molar-refractivity contribution in [1.82, 2.24) is 4.98 Å². The van der Waals surface area contributed by atoms with Crippen LogP contribution in [0, 0.1) is 6.92 Å². The van der Waals surface area contributed by atoms with Gasteiger partial charge in [-0.2, -0.15) is 4.57 Å². The molecule has 0 bridgehead atoms. The van der Waals surface area contributed by atoms with E-state index in [1.807, 2.05) is 26.1 Å². The molecule has 3 heteroatoms. The molecule has 0 saturated heterocycles. The molecule has 5 aromatic rings. The molecule has 3 aromatic heterocycles. The zero-order valence-electron chi connectivity index (χ0n) is 23.8. The van der Waals surface area contributed by atoms with Gasteiger partial charge in [0.2, 0.25) is 16.9 Å². The third kappa shape index (κ3) is 3.11. The molecule has 0 amide bonds. The second-order valence-electron chi connectivity index (χ2n) is 12.2. The highest BCUT2D eigenvalue weighted by atomic mass is 16.3. The smallest absolute Gasteiger partial charge is 0.227 e. The molecule has 2 aromatic carbocycles. The lowest BCUT2D eigenvalue weighted by molar-refractivity contribution is -0.633. The molecule has 3 heterocycles. The van der Waals surface area contributed by atoms with Crippen LogP contribution in [0.5, 0.6) is 0 Å². The minimum atomic E-state index is -0.678. The van der Waals surface area contributed by atoms with Crippen molar-refractivity contribution in [3.63, 3.8) is 0 Å². The summed E-state index contributed by atoms with van der Waals surface area (Å²) >= 11 is 0. The fourth-order valence-corrected chi connectivity index (χ4v) is 6.78. The van der Waals surface area contributed by atoms with Crippen LogP contribution >= 0.6 is 0 Å². The minimum Gasteiger partial charge on any atom is -0.437 e. The summed E-state index contributed by atoms with van der Waals surface area (Å²) in [4.78, 5) is 4.63. The highest BCUT2D eigenvalue weighted by Gasteiger charge is 2.42. The number of furan rings is 1. The highest BCUT2D eigenvalue weighted by Crippen LogP contribution is 2.54. The fraction of sp³-hybridized carbons (Fsp3) is 0.394. The first-order valence-corrected chi connectivity index (χ1v) is 13.1. The second-order valence-corrected chi connectivity index (χ2v) is 12.2. The molecule has 3 nitrogen and oxygen atoms in total. The summed E-state index contributed by atoms with van der Waals surface area (Å²) in [6.45, 7) is 15.8. The number of hydrogen-bond acceptors (Lipinski definition) is 2. The summed E-state index contributed by atoms with van der Waals surface area (Å²) in [7, 11) is 2.14. The van der Waals surface area contributed by atoms with Crippen LogP contribution in [0.2, 0.25) is 0 Å². The Balaban J connectivity index is 1.80. The van der Waals surface area contributed by atoms with E-state index in [0.717, 1.165) is 51.5 Å². The molecule has 6 rings (SSSR count). The summed E-state index contributed by atoms with van der Waals surface area (Å²) < 4.78 is 17.6. The van der Waals surface area contributed by atoms with E-state index in [9.17, 15) is 0 Å². The van der Waals surface area contributed by atoms with Crippen molar-refractivity contribution in [3.8, 4) is 11.3 Å². The van der Waals surface area contributed by atoms with E-state index < -0.39 is 5.89 Å². The monoisotopic (exact) mass is 478 g/mol. The van der Waals surface area contributed by atoms with Crippen LogP contribution in [-0.4, -0.2) is 4.98 Å². The Labute approximate surface area is 215 Å².